The Bertz CT molecular complexity index is 796. The summed E-state index contributed by atoms with van der Waals surface area (Å²) >= 11 is 0. The predicted octanol–water partition coefficient (Wildman–Crippen LogP) is 2.45. The first kappa shape index (κ1) is 12.9. The molecule has 3 rings (SSSR count). The number of benzene rings is 2. The molecule has 102 valence electrons. The van der Waals surface area contributed by atoms with E-state index < -0.39 is 0 Å². The second kappa shape index (κ2) is 5.47. The summed E-state index contributed by atoms with van der Waals surface area (Å²) < 4.78 is 1.75. The largest absolute Gasteiger partial charge is 0.399 e. The van der Waals surface area contributed by atoms with Crippen molar-refractivity contribution in [3.63, 3.8) is 0 Å². The number of nitrogens with two attached hydrogens (primary N) is 1. The average molecular weight is 275 g/mol. The van der Waals surface area contributed by atoms with E-state index in [4.69, 9.17) is 11.0 Å². The van der Waals surface area contributed by atoms with Gasteiger partial charge in [0.1, 0.15) is 6.33 Å². The third-order valence-corrected chi connectivity index (χ3v) is 3.11. The van der Waals surface area contributed by atoms with Crippen LogP contribution in [0.1, 0.15) is 11.1 Å². The number of nitrogens with zero attached hydrogens (tertiary/aromatic N) is 4. The Morgan fingerprint density at radius 1 is 1.14 bits per heavy atom. The van der Waals surface area contributed by atoms with Crippen LogP contribution in [0.5, 0.6) is 0 Å². The van der Waals surface area contributed by atoms with Gasteiger partial charge in [0.25, 0.3) is 0 Å². The van der Waals surface area contributed by atoms with Gasteiger partial charge in [-0.3, -0.25) is 0 Å². The third kappa shape index (κ3) is 2.90. The first-order chi connectivity index (χ1) is 10.2. The zero-order valence-electron chi connectivity index (χ0n) is 11.3. The molecule has 0 atom stereocenters. The Morgan fingerprint density at radius 3 is 2.71 bits per heavy atom. The lowest BCUT2D eigenvalue weighted by Gasteiger charge is -2.01. The van der Waals surface area contributed by atoms with Crippen LogP contribution < -0.4 is 5.73 Å². The quantitative estimate of drug-likeness (QED) is 0.744. The summed E-state index contributed by atoms with van der Waals surface area (Å²) in [7, 11) is 0. The Labute approximate surface area is 122 Å². The number of hydrogen-bond acceptors (Lipinski definition) is 4. The summed E-state index contributed by atoms with van der Waals surface area (Å²) in [5, 5.41) is 13.4. The number of nitrogen functional groups attached to an aromatic ring is 1. The standard InChI is InChI=1S/C16H13N5/c17-9-12-2-1-3-13(8-12)10-21-11-19-16(20-21)14-4-6-15(18)7-5-14/h1-8,11H,10,18H2. The highest BCUT2D eigenvalue weighted by molar-refractivity contribution is 5.58. The minimum atomic E-state index is 0.581. The number of anilines is 1. The van der Waals surface area contributed by atoms with E-state index >= 15 is 0 Å². The normalized spacial score (nSPS) is 10.2. The van der Waals surface area contributed by atoms with E-state index in [9.17, 15) is 0 Å². The minimum absolute atomic E-state index is 0.581. The van der Waals surface area contributed by atoms with Crippen molar-refractivity contribution in [2.24, 2.45) is 0 Å². The number of nitriles is 1. The highest BCUT2D eigenvalue weighted by Crippen LogP contribution is 2.16. The minimum Gasteiger partial charge on any atom is -0.399 e. The van der Waals surface area contributed by atoms with Crippen molar-refractivity contribution in [3.05, 3.63) is 66.0 Å². The summed E-state index contributed by atoms with van der Waals surface area (Å²) in [5.41, 5.74) is 8.97. The topological polar surface area (TPSA) is 80.5 Å². The van der Waals surface area contributed by atoms with Crippen molar-refractivity contribution in [3.8, 4) is 17.5 Å². The molecule has 0 aliphatic heterocycles. The molecular formula is C16H13N5. The Hall–Kier alpha value is -3.13. The molecule has 5 nitrogen and oxygen atoms in total. The maximum atomic E-state index is 8.91. The fourth-order valence-corrected chi connectivity index (χ4v) is 2.06. The van der Waals surface area contributed by atoms with Gasteiger partial charge in [-0.2, -0.15) is 10.4 Å². The Balaban J connectivity index is 1.82. The van der Waals surface area contributed by atoms with Crippen molar-refractivity contribution in [1.82, 2.24) is 14.8 Å². The van der Waals surface area contributed by atoms with Crippen LogP contribution >= 0.6 is 0 Å². The van der Waals surface area contributed by atoms with Gasteiger partial charge >= 0.3 is 0 Å². The number of aromatic nitrogens is 3. The van der Waals surface area contributed by atoms with Gasteiger partial charge in [-0.15, -0.1) is 0 Å². The molecule has 1 aromatic heterocycles. The molecule has 0 spiro atoms. The molecule has 0 radical (unpaired) electrons. The summed E-state index contributed by atoms with van der Waals surface area (Å²) in [4.78, 5) is 4.30. The zero-order valence-corrected chi connectivity index (χ0v) is 11.3. The molecule has 0 amide bonds. The van der Waals surface area contributed by atoms with Gasteiger partial charge in [-0.1, -0.05) is 12.1 Å². The van der Waals surface area contributed by atoms with Crippen LogP contribution in [0.3, 0.4) is 0 Å². The maximum absolute atomic E-state index is 8.91. The van der Waals surface area contributed by atoms with E-state index in [2.05, 4.69) is 16.2 Å². The van der Waals surface area contributed by atoms with E-state index in [1.807, 2.05) is 42.5 Å². The van der Waals surface area contributed by atoms with E-state index in [-0.39, 0.29) is 0 Å². The molecule has 0 aliphatic rings. The number of hydrogen-bond donors (Lipinski definition) is 1. The van der Waals surface area contributed by atoms with E-state index in [1.165, 1.54) is 0 Å². The molecule has 0 bridgehead atoms. The molecule has 2 aromatic carbocycles. The van der Waals surface area contributed by atoms with Crippen molar-refractivity contribution >= 4 is 5.69 Å². The van der Waals surface area contributed by atoms with Crippen molar-refractivity contribution < 1.29 is 0 Å². The van der Waals surface area contributed by atoms with Crippen LogP contribution in [0.15, 0.2) is 54.9 Å². The molecule has 0 aliphatic carbocycles. The molecule has 2 N–H and O–H groups in total. The second-order valence-corrected chi connectivity index (χ2v) is 4.70. The molecule has 0 saturated carbocycles. The van der Waals surface area contributed by atoms with Crippen molar-refractivity contribution in [2.45, 2.75) is 6.54 Å². The predicted molar refractivity (Wildman–Crippen MR) is 80.1 cm³/mol. The van der Waals surface area contributed by atoms with Gasteiger partial charge in [-0.05, 0) is 42.0 Å². The first-order valence-electron chi connectivity index (χ1n) is 6.49. The molecule has 5 heteroatoms. The third-order valence-electron chi connectivity index (χ3n) is 3.11. The summed E-state index contributed by atoms with van der Waals surface area (Å²) in [6.45, 7) is 0.581. The van der Waals surface area contributed by atoms with E-state index in [1.54, 1.807) is 17.1 Å². The van der Waals surface area contributed by atoms with Crippen LogP contribution in [-0.4, -0.2) is 14.8 Å². The van der Waals surface area contributed by atoms with E-state index in [0.717, 1.165) is 11.1 Å². The molecule has 1 heterocycles. The van der Waals surface area contributed by atoms with Gasteiger partial charge in [0.15, 0.2) is 5.82 Å². The van der Waals surface area contributed by atoms with Crippen LogP contribution in [0.4, 0.5) is 5.69 Å². The van der Waals surface area contributed by atoms with Crippen LogP contribution in [0.25, 0.3) is 11.4 Å². The monoisotopic (exact) mass is 275 g/mol. The maximum Gasteiger partial charge on any atom is 0.181 e. The molecular weight excluding hydrogens is 262 g/mol. The van der Waals surface area contributed by atoms with Crippen LogP contribution in [0, 0.1) is 11.3 Å². The fraction of sp³-hybridized carbons (Fsp3) is 0.0625. The lowest BCUT2D eigenvalue weighted by atomic mass is 10.1. The summed E-state index contributed by atoms with van der Waals surface area (Å²) in [5.74, 6) is 0.659. The highest BCUT2D eigenvalue weighted by Gasteiger charge is 2.05. The highest BCUT2D eigenvalue weighted by atomic mass is 15.3. The summed E-state index contributed by atoms with van der Waals surface area (Å²) in [6.07, 6.45) is 1.69. The second-order valence-electron chi connectivity index (χ2n) is 4.70. The van der Waals surface area contributed by atoms with Crippen molar-refractivity contribution in [1.29, 1.82) is 5.26 Å². The molecule has 0 saturated heterocycles. The smallest absolute Gasteiger partial charge is 0.181 e. The van der Waals surface area contributed by atoms with Gasteiger partial charge in [0, 0.05) is 11.3 Å². The van der Waals surface area contributed by atoms with Gasteiger partial charge in [-0.25, -0.2) is 9.67 Å². The molecule has 0 unspecified atom stereocenters. The van der Waals surface area contributed by atoms with Crippen LogP contribution in [0.2, 0.25) is 0 Å². The molecule has 3 aromatic rings. The van der Waals surface area contributed by atoms with Gasteiger partial charge < -0.3 is 5.73 Å². The van der Waals surface area contributed by atoms with E-state index in [0.29, 0.717) is 23.6 Å². The lowest BCUT2D eigenvalue weighted by Crippen LogP contribution is -2.00. The van der Waals surface area contributed by atoms with Gasteiger partial charge in [0.2, 0.25) is 0 Å². The van der Waals surface area contributed by atoms with Crippen LogP contribution in [-0.2, 0) is 6.54 Å². The SMILES string of the molecule is N#Cc1cccc(Cn2cnc(-c3ccc(N)cc3)n2)c1. The zero-order chi connectivity index (χ0) is 14.7. The lowest BCUT2D eigenvalue weighted by molar-refractivity contribution is 0.687. The van der Waals surface area contributed by atoms with Crippen molar-refractivity contribution in [2.75, 3.05) is 5.73 Å². The Kier molecular flexibility index (Phi) is 3.36. The fourth-order valence-electron chi connectivity index (χ4n) is 2.06. The Morgan fingerprint density at radius 2 is 1.95 bits per heavy atom. The molecule has 21 heavy (non-hydrogen) atoms. The molecule has 0 fully saturated rings. The van der Waals surface area contributed by atoms with Gasteiger partial charge in [0.05, 0.1) is 18.2 Å². The number of rotatable bonds is 3. The average Bonchev–Trinajstić information content (AvgIpc) is 2.96. The first-order valence-corrected chi connectivity index (χ1v) is 6.49. The summed E-state index contributed by atoms with van der Waals surface area (Å²) in [6, 6.07) is 17.0.